The molecule has 2 rings (SSSR count). The number of hydrogen-bond acceptors (Lipinski definition) is 5. The van der Waals surface area contributed by atoms with Crippen molar-refractivity contribution in [2.24, 2.45) is 0 Å². The topological polar surface area (TPSA) is 37.8 Å². The summed E-state index contributed by atoms with van der Waals surface area (Å²) in [5, 5.41) is 15.7. The third-order valence-electron chi connectivity index (χ3n) is 2.10. The Morgan fingerprint density at radius 2 is 2.33 bits per heavy atom. The zero-order valence-electron chi connectivity index (χ0n) is 8.73. The molecule has 0 spiro atoms. The van der Waals surface area contributed by atoms with Crippen LogP contribution in [-0.4, -0.2) is 10.2 Å². The van der Waals surface area contributed by atoms with Gasteiger partial charge in [0.05, 0.1) is 6.54 Å². The molecule has 2 heterocycles. The summed E-state index contributed by atoms with van der Waals surface area (Å²) in [6, 6.07) is 4.61. The molecule has 3 nitrogen and oxygen atoms in total. The molecule has 0 saturated heterocycles. The fourth-order valence-electron chi connectivity index (χ4n) is 1.29. The van der Waals surface area contributed by atoms with Crippen LogP contribution in [0.4, 0.5) is 0 Å². The normalized spacial score (nSPS) is 12.9. The molecule has 2 aromatic heterocycles. The Morgan fingerprint density at radius 1 is 1.47 bits per heavy atom. The van der Waals surface area contributed by atoms with Crippen molar-refractivity contribution in [1.82, 2.24) is 15.5 Å². The molecule has 5 heteroatoms. The number of aromatic nitrogens is 2. The number of nitrogens with zero attached hydrogens (tertiary/aromatic N) is 2. The van der Waals surface area contributed by atoms with Gasteiger partial charge >= 0.3 is 0 Å². The van der Waals surface area contributed by atoms with Crippen LogP contribution in [-0.2, 0) is 6.54 Å². The summed E-state index contributed by atoms with van der Waals surface area (Å²) >= 11 is 3.42. The fraction of sp³-hybridized carbons (Fsp3) is 0.400. The van der Waals surface area contributed by atoms with E-state index in [4.69, 9.17) is 0 Å². The van der Waals surface area contributed by atoms with E-state index in [2.05, 4.69) is 40.0 Å². The van der Waals surface area contributed by atoms with Gasteiger partial charge in [-0.25, -0.2) is 0 Å². The molecule has 0 aliphatic rings. The summed E-state index contributed by atoms with van der Waals surface area (Å²) in [7, 11) is 0. The van der Waals surface area contributed by atoms with E-state index in [0.29, 0.717) is 6.04 Å². The van der Waals surface area contributed by atoms with Gasteiger partial charge < -0.3 is 5.32 Å². The Labute approximate surface area is 97.2 Å². The van der Waals surface area contributed by atoms with Gasteiger partial charge in [-0.3, -0.25) is 0 Å². The largest absolute Gasteiger partial charge is 0.303 e. The molecule has 1 N–H and O–H groups in total. The molecule has 0 bridgehead atoms. The molecule has 80 valence electrons. The molecule has 1 unspecified atom stereocenters. The van der Waals surface area contributed by atoms with Crippen LogP contribution in [0.5, 0.6) is 0 Å². The lowest BCUT2D eigenvalue weighted by Crippen LogP contribution is -2.16. The van der Waals surface area contributed by atoms with Crippen molar-refractivity contribution < 1.29 is 0 Å². The molecular formula is C10H13N3S2. The van der Waals surface area contributed by atoms with Crippen molar-refractivity contribution in [2.75, 3.05) is 0 Å². The second-order valence-corrected chi connectivity index (χ2v) is 5.58. The number of rotatable bonds is 4. The van der Waals surface area contributed by atoms with Gasteiger partial charge in [-0.05, 0) is 25.3 Å². The summed E-state index contributed by atoms with van der Waals surface area (Å²) < 4.78 is 0. The number of thiophene rings is 1. The third kappa shape index (κ3) is 2.84. The van der Waals surface area contributed by atoms with Crippen molar-refractivity contribution in [3.05, 3.63) is 32.4 Å². The van der Waals surface area contributed by atoms with Crippen LogP contribution in [0.25, 0.3) is 0 Å². The molecule has 0 aromatic carbocycles. The highest BCUT2D eigenvalue weighted by molar-refractivity contribution is 7.11. The first-order valence-corrected chi connectivity index (χ1v) is 6.51. The third-order valence-corrected chi connectivity index (χ3v) is 3.99. The van der Waals surface area contributed by atoms with E-state index in [0.717, 1.165) is 16.6 Å². The summed E-state index contributed by atoms with van der Waals surface area (Å²) in [6.45, 7) is 4.94. The van der Waals surface area contributed by atoms with E-state index in [-0.39, 0.29) is 0 Å². The number of hydrogen-bond donors (Lipinski definition) is 1. The van der Waals surface area contributed by atoms with Gasteiger partial charge in [-0.2, -0.15) is 0 Å². The molecular weight excluding hydrogens is 226 g/mol. The van der Waals surface area contributed by atoms with E-state index < -0.39 is 0 Å². The van der Waals surface area contributed by atoms with E-state index in [1.165, 1.54) is 4.88 Å². The van der Waals surface area contributed by atoms with E-state index in [9.17, 15) is 0 Å². The summed E-state index contributed by atoms with van der Waals surface area (Å²) in [4.78, 5) is 1.36. The number of nitrogens with one attached hydrogen (secondary N) is 1. The Balaban J connectivity index is 1.88. The average Bonchev–Trinajstić information content (AvgIpc) is 2.84. The summed E-state index contributed by atoms with van der Waals surface area (Å²) in [5.41, 5.74) is 0. The molecule has 1 atom stereocenters. The van der Waals surface area contributed by atoms with Gasteiger partial charge in [0.25, 0.3) is 0 Å². The van der Waals surface area contributed by atoms with Gasteiger partial charge in [0, 0.05) is 10.9 Å². The highest BCUT2D eigenvalue weighted by atomic mass is 32.1. The predicted octanol–water partition coefficient (Wildman–Crippen LogP) is 2.76. The predicted molar refractivity (Wildman–Crippen MR) is 64.2 cm³/mol. The van der Waals surface area contributed by atoms with Crippen LogP contribution in [0.3, 0.4) is 0 Å². The molecule has 0 amide bonds. The molecule has 0 fully saturated rings. The second kappa shape index (κ2) is 4.83. The van der Waals surface area contributed by atoms with Gasteiger partial charge in [0.1, 0.15) is 10.0 Å². The van der Waals surface area contributed by atoms with Crippen molar-refractivity contribution in [2.45, 2.75) is 26.4 Å². The highest BCUT2D eigenvalue weighted by Gasteiger charge is 2.07. The smallest absolute Gasteiger partial charge is 0.131 e. The van der Waals surface area contributed by atoms with Gasteiger partial charge in [-0.15, -0.1) is 32.9 Å². The van der Waals surface area contributed by atoms with Crippen LogP contribution in [0.2, 0.25) is 0 Å². The first-order valence-electron chi connectivity index (χ1n) is 4.81. The minimum atomic E-state index is 0.384. The van der Waals surface area contributed by atoms with Gasteiger partial charge in [-0.1, -0.05) is 6.07 Å². The van der Waals surface area contributed by atoms with Crippen LogP contribution in [0.1, 0.15) is 27.9 Å². The van der Waals surface area contributed by atoms with Crippen LogP contribution < -0.4 is 5.32 Å². The Kier molecular flexibility index (Phi) is 3.45. The molecule has 0 radical (unpaired) electrons. The van der Waals surface area contributed by atoms with E-state index in [1.807, 2.05) is 6.92 Å². The molecule has 0 aliphatic carbocycles. The lowest BCUT2D eigenvalue weighted by Gasteiger charge is -2.09. The minimum absolute atomic E-state index is 0.384. The highest BCUT2D eigenvalue weighted by Crippen LogP contribution is 2.18. The first kappa shape index (κ1) is 10.7. The standard InChI is InChI=1S/C10H13N3S2/c1-7(9-4-3-5-14-9)11-6-10-13-12-8(2)15-10/h3-5,7,11H,6H2,1-2H3. The maximum Gasteiger partial charge on any atom is 0.131 e. The molecule has 0 saturated carbocycles. The lowest BCUT2D eigenvalue weighted by atomic mass is 10.3. The minimum Gasteiger partial charge on any atom is -0.303 e. The maximum absolute atomic E-state index is 4.08. The van der Waals surface area contributed by atoms with Crippen LogP contribution in [0.15, 0.2) is 17.5 Å². The average molecular weight is 239 g/mol. The van der Waals surface area contributed by atoms with E-state index >= 15 is 0 Å². The second-order valence-electron chi connectivity index (χ2n) is 3.33. The fourth-order valence-corrected chi connectivity index (χ4v) is 2.71. The van der Waals surface area contributed by atoms with Gasteiger partial charge in [0.15, 0.2) is 0 Å². The summed E-state index contributed by atoms with van der Waals surface area (Å²) in [5.74, 6) is 0. The maximum atomic E-state index is 4.08. The quantitative estimate of drug-likeness (QED) is 0.891. The SMILES string of the molecule is Cc1nnc(CNC(C)c2cccs2)s1. The van der Waals surface area contributed by atoms with E-state index in [1.54, 1.807) is 22.7 Å². The van der Waals surface area contributed by atoms with Crippen molar-refractivity contribution in [3.8, 4) is 0 Å². The van der Waals surface area contributed by atoms with Crippen molar-refractivity contribution in [1.29, 1.82) is 0 Å². The van der Waals surface area contributed by atoms with Crippen LogP contribution in [0, 0.1) is 6.92 Å². The first-order chi connectivity index (χ1) is 7.25. The van der Waals surface area contributed by atoms with Crippen LogP contribution >= 0.6 is 22.7 Å². The zero-order valence-corrected chi connectivity index (χ0v) is 10.4. The number of aryl methyl sites for hydroxylation is 1. The molecule has 2 aromatic rings. The van der Waals surface area contributed by atoms with Crippen molar-refractivity contribution in [3.63, 3.8) is 0 Å². The Hall–Kier alpha value is -0.780. The van der Waals surface area contributed by atoms with Crippen molar-refractivity contribution >= 4 is 22.7 Å². The Morgan fingerprint density at radius 3 is 2.93 bits per heavy atom. The monoisotopic (exact) mass is 239 g/mol. The summed E-state index contributed by atoms with van der Waals surface area (Å²) in [6.07, 6.45) is 0. The molecule has 15 heavy (non-hydrogen) atoms. The molecule has 0 aliphatic heterocycles. The van der Waals surface area contributed by atoms with Gasteiger partial charge in [0.2, 0.25) is 0 Å². The zero-order chi connectivity index (χ0) is 10.7. The lowest BCUT2D eigenvalue weighted by molar-refractivity contribution is 0.579. The Bertz CT molecular complexity index is 408.